The molecule has 2 fully saturated rings. The molecule has 1 aromatic rings. The van der Waals surface area contributed by atoms with Crippen LogP contribution in [0.4, 0.5) is 0 Å². The Hall–Kier alpha value is -2.25. The first-order chi connectivity index (χ1) is 13.1. The van der Waals surface area contributed by atoms with Gasteiger partial charge in [0, 0.05) is 25.1 Å². The first kappa shape index (κ1) is 18.1. The highest BCUT2D eigenvalue weighted by Crippen LogP contribution is 2.28. The van der Waals surface area contributed by atoms with E-state index in [-0.39, 0.29) is 24.1 Å². The zero-order valence-corrected chi connectivity index (χ0v) is 15.5. The van der Waals surface area contributed by atoms with Gasteiger partial charge < -0.3 is 10.2 Å². The smallest absolute Gasteiger partial charge is 0.255 e. The zero-order valence-electron chi connectivity index (χ0n) is 15.5. The van der Waals surface area contributed by atoms with Crippen LogP contribution in [0.5, 0.6) is 0 Å². The molecule has 0 bridgehead atoms. The van der Waals surface area contributed by atoms with E-state index in [0.29, 0.717) is 18.5 Å². The molecule has 0 aromatic heterocycles. The monoisotopic (exact) mass is 370 g/mol. The van der Waals surface area contributed by atoms with Crippen molar-refractivity contribution in [1.29, 1.82) is 0 Å². The number of hydrogen-bond donors (Lipinski definition) is 2. The van der Waals surface area contributed by atoms with Crippen molar-refractivity contribution in [3.05, 3.63) is 34.9 Å². The molecule has 3 amide bonds. The number of imide groups is 1. The van der Waals surface area contributed by atoms with Crippen molar-refractivity contribution in [3.63, 3.8) is 0 Å². The van der Waals surface area contributed by atoms with Gasteiger partial charge in [0.25, 0.3) is 5.91 Å². The number of fused-ring (bicyclic) bond motifs is 1. The topological polar surface area (TPSA) is 81.8 Å². The van der Waals surface area contributed by atoms with Crippen molar-refractivity contribution in [2.75, 3.05) is 26.2 Å². The maximum Gasteiger partial charge on any atom is 0.255 e. The van der Waals surface area contributed by atoms with Gasteiger partial charge in [0.2, 0.25) is 11.8 Å². The van der Waals surface area contributed by atoms with E-state index in [2.05, 4.69) is 21.6 Å². The summed E-state index contributed by atoms with van der Waals surface area (Å²) in [5.74, 6) is -0.716. The van der Waals surface area contributed by atoms with Crippen molar-refractivity contribution in [3.8, 4) is 0 Å². The predicted octanol–water partition coefficient (Wildman–Crippen LogP) is 0.633. The number of nitrogens with one attached hydrogen (secondary N) is 2. The highest BCUT2D eigenvalue weighted by atomic mass is 16.2. The predicted molar refractivity (Wildman–Crippen MR) is 99.9 cm³/mol. The number of carbonyl (C=O) groups is 3. The second-order valence-corrected chi connectivity index (χ2v) is 7.62. The third kappa shape index (κ3) is 3.89. The highest BCUT2D eigenvalue weighted by molar-refractivity contribution is 6.05. The highest BCUT2D eigenvalue weighted by Gasteiger charge is 2.39. The van der Waals surface area contributed by atoms with Gasteiger partial charge in [0.1, 0.15) is 6.04 Å². The van der Waals surface area contributed by atoms with Crippen LogP contribution in [0.1, 0.15) is 47.2 Å². The maximum atomic E-state index is 12.9. The van der Waals surface area contributed by atoms with Crippen molar-refractivity contribution in [2.24, 2.45) is 0 Å². The van der Waals surface area contributed by atoms with Gasteiger partial charge in [0.05, 0.1) is 0 Å². The van der Waals surface area contributed by atoms with E-state index < -0.39 is 6.04 Å². The fraction of sp³-hybridized carbons (Fsp3) is 0.550. The summed E-state index contributed by atoms with van der Waals surface area (Å²) in [6.45, 7) is 5.51. The molecule has 4 rings (SSSR count). The normalized spacial score (nSPS) is 24.4. The van der Waals surface area contributed by atoms with E-state index in [9.17, 15) is 14.4 Å². The number of nitrogens with zero attached hydrogens (tertiary/aromatic N) is 2. The van der Waals surface area contributed by atoms with Crippen LogP contribution in [0.25, 0.3) is 0 Å². The van der Waals surface area contributed by atoms with Crippen LogP contribution in [0, 0.1) is 0 Å². The van der Waals surface area contributed by atoms with Crippen LogP contribution in [0.15, 0.2) is 18.2 Å². The molecule has 3 aliphatic rings. The molecule has 1 aromatic carbocycles. The zero-order chi connectivity index (χ0) is 18.8. The largest absolute Gasteiger partial charge is 0.322 e. The summed E-state index contributed by atoms with van der Waals surface area (Å²) >= 11 is 0. The Labute approximate surface area is 159 Å². The fourth-order valence-corrected chi connectivity index (χ4v) is 4.21. The van der Waals surface area contributed by atoms with E-state index in [1.165, 1.54) is 0 Å². The second-order valence-electron chi connectivity index (χ2n) is 7.62. The molecule has 0 aliphatic carbocycles. The van der Waals surface area contributed by atoms with Crippen molar-refractivity contribution < 1.29 is 14.4 Å². The Bertz CT molecular complexity index is 756. The van der Waals surface area contributed by atoms with Crippen LogP contribution in [0.3, 0.4) is 0 Å². The third-order valence-corrected chi connectivity index (χ3v) is 5.65. The Morgan fingerprint density at radius 1 is 1.07 bits per heavy atom. The first-order valence-corrected chi connectivity index (χ1v) is 9.81. The molecular formula is C20H26N4O3. The lowest BCUT2D eigenvalue weighted by atomic mass is 10.0. The molecule has 7 nitrogen and oxygen atoms in total. The summed E-state index contributed by atoms with van der Waals surface area (Å²) in [5, 5.41) is 5.77. The first-order valence-electron chi connectivity index (χ1n) is 9.81. The van der Waals surface area contributed by atoms with Crippen LogP contribution in [-0.4, -0.2) is 59.7 Å². The van der Waals surface area contributed by atoms with Crippen LogP contribution in [0.2, 0.25) is 0 Å². The molecule has 0 radical (unpaired) electrons. The quantitative estimate of drug-likeness (QED) is 0.763. The van der Waals surface area contributed by atoms with Gasteiger partial charge in [-0.05, 0) is 62.6 Å². The molecule has 1 atom stereocenters. The lowest BCUT2D eigenvalue weighted by molar-refractivity contribution is -0.136. The minimum atomic E-state index is -0.548. The van der Waals surface area contributed by atoms with Crippen LogP contribution < -0.4 is 10.6 Å². The molecule has 2 N–H and O–H groups in total. The van der Waals surface area contributed by atoms with E-state index >= 15 is 0 Å². The standard InChI is InChI=1S/C20H26N4O3/c25-18-6-5-17(19(26)22-18)24-13-15-4-3-14(11-16(15)20(24)27)12-23-9-1-7-21-8-2-10-23/h3-4,11,17,21H,1-2,5-10,12-13H2,(H,22,25,26). The lowest BCUT2D eigenvalue weighted by Gasteiger charge is -2.29. The molecule has 3 aliphatic heterocycles. The molecule has 7 heteroatoms. The Morgan fingerprint density at radius 3 is 2.59 bits per heavy atom. The number of amides is 3. The summed E-state index contributed by atoms with van der Waals surface area (Å²) in [7, 11) is 0. The summed E-state index contributed by atoms with van der Waals surface area (Å²) < 4.78 is 0. The minimum absolute atomic E-state index is 0.0989. The van der Waals surface area contributed by atoms with E-state index in [1.807, 2.05) is 12.1 Å². The SMILES string of the molecule is O=C1CCC(N2Cc3ccc(CN4CCCNCCC4)cc3C2=O)C(=O)N1. The molecule has 27 heavy (non-hydrogen) atoms. The van der Waals surface area contributed by atoms with Gasteiger partial charge in [0.15, 0.2) is 0 Å². The van der Waals surface area contributed by atoms with Crippen LogP contribution in [-0.2, 0) is 22.7 Å². The number of rotatable bonds is 3. The summed E-state index contributed by atoms with van der Waals surface area (Å²) in [4.78, 5) is 40.5. The number of carbonyl (C=O) groups excluding carboxylic acids is 3. The number of hydrogen-bond acceptors (Lipinski definition) is 5. The second kappa shape index (κ2) is 7.78. The molecule has 0 spiro atoms. The van der Waals surface area contributed by atoms with Gasteiger partial charge in [-0.25, -0.2) is 0 Å². The molecular weight excluding hydrogens is 344 g/mol. The summed E-state index contributed by atoms with van der Waals surface area (Å²) in [5.41, 5.74) is 2.80. The minimum Gasteiger partial charge on any atom is -0.322 e. The summed E-state index contributed by atoms with van der Waals surface area (Å²) in [6.07, 6.45) is 2.95. The van der Waals surface area contributed by atoms with Crippen molar-refractivity contribution >= 4 is 17.7 Å². The Kier molecular flexibility index (Phi) is 5.22. The van der Waals surface area contributed by atoms with Gasteiger partial charge in [-0.2, -0.15) is 0 Å². The fourth-order valence-electron chi connectivity index (χ4n) is 4.21. The van der Waals surface area contributed by atoms with E-state index in [0.717, 1.165) is 56.7 Å². The van der Waals surface area contributed by atoms with E-state index in [1.54, 1.807) is 4.90 Å². The Balaban J connectivity index is 1.46. The maximum absolute atomic E-state index is 12.9. The van der Waals surface area contributed by atoms with E-state index in [4.69, 9.17) is 0 Å². The third-order valence-electron chi connectivity index (χ3n) is 5.65. The molecule has 144 valence electrons. The molecule has 2 saturated heterocycles. The summed E-state index contributed by atoms with van der Waals surface area (Å²) in [6, 6.07) is 5.55. The van der Waals surface area contributed by atoms with Gasteiger partial charge in [-0.15, -0.1) is 0 Å². The van der Waals surface area contributed by atoms with Crippen molar-refractivity contribution in [1.82, 2.24) is 20.4 Å². The molecule has 1 unspecified atom stereocenters. The van der Waals surface area contributed by atoms with Gasteiger partial charge in [-0.3, -0.25) is 24.6 Å². The number of benzene rings is 1. The van der Waals surface area contributed by atoms with Crippen molar-refractivity contribution in [2.45, 2.75) is 44.8 Å². The lowest BCUT2D eigenvalue weighted by Crippen LogP contribution is -2.52. The Morgan fingerprint density at radius 2 is 1.85 bits per heavy atom. The molecule has 0 saturated carbocycles. The van der Waals surface area contributed by atoms with Gasteiger partial charge in [-0.1, -0.05) is 12.1 Å². The average Bonchev–Trinajstić information content (AvgIpc) is 2.94. The van der Waals surface area contributed by atoms with Gasteiger partial charge >= 0.3 is 0 Å². The molecule has 3 heterocycles. The number of piperidine rings is 1. The van der Waals surface area contributed by atoms with Crippen LogP contribution >= 0.6 is 0 Å². The average molecular weight is 370 g/mol.